The normalized spacial score (nSPS) is 20.6. The Kier molecular flexibility index (Phi) is 9.00. The maximum atomic E-state index is 14.8. The minimum Gasteiger partial charge on any atom is -0.388 e. The molecular weight excluding hydrogens is 571 g/mol. The van der Waals surface area contributed by atoms with Crippen LogP contribution >= 0.6 is 0 Å². The number of carbonyl (C=O) groups excluding carboxylic acids is 1. The van der Waals surface area contributed by atoms with E-state index in [4.69, 9.17) is 0 Å². The van der Waals surface area contributed by atoms with Crippen molar-refractivity contribution in [2.45, 2.75) is 75.6 Å². The number of nitrogens with one attached hydrogen (secondary N) is 1. The summed E-state index contributed by atoms with van der Waals surface area (Å²) in [6.45, 7) is 3.01. The summed E-state index contributed by atoms with van der Waals surface area (Å²) in [5, 5.41) is 12.8. The summed E-state index contributed by atoms with van der Waals surface area (Å²) in [4.78, 5) is 17.2. The second-order valence-electron chi connectivity index (χ2n) is 10.2. The Hall–Kier alpha value is -2.68. The van der Waals surface area contributed by atoms with Crippen LogP contribution in [0.1, 0.15) is 60.2 Å². The molecule has 1 amide bonds. The van der Waals surface area contributed by atoms with Gasteiger partial charge in [-0.1, -0.05) is 13.0 Å². The summed E-state index contributed by atoms with van der Waals surface area (Å²) in [7, 11) is -3.25. The van der Waals surface area contributed by atoms with Gasteiger partial charge in [0.2, 0.25) is 0 Å². The van der Waals surface area contributed by atoms with Crippen LogP contribution in [0.15, 0.2) is 18.2 Å². The predicted molar refractivity (Wildman–Crippen MR) is 131 cm³/mol. The lowest BCUT2D eigenvalue weighted by Crippen LogP contribution is -2.47. The lowest BCUT2D eigenvalue weighted by molar-refractivity contribution is -0.283. The van der Waals surface area contributed by atoms with Crippen LogP contribution in [0.2, 0.25) is 0 Å². The van der Waals surface area contributed by atoms with Gasteiger partial charge >= 0.3 is 12.4 Å². The van der Waals surface area contributed by atoms with Crippen LogP contribution < -0.4 is 5.32 Å². The molecule has 224 valence electrons. The average molecular weight is 602 g/mol. The molecule has 1 fully saturated rings. The number of imidazole rings is 1. The molecule has 1 aliphatic carbocycles. The quantitative estimate of drug-likeness (QED) is 0.431. The van der Waals surface area contributed by atoms with Crippen LogP contribution in [0.4, 0.5) is 30.7 Å². The molecule has 3 rings (SSSR count). The van der Waals surface area contributed by atoms with E-state index in [2.05, 4.69) is 10.3 Å². The second-order valence-corrected chi connectivity index (χ2v) is 12.5. The Labute approximate surface area is 226 Å². The van der Waals surface area contributed by atoms with Gasteiger partial charge in [0.05, 0.1) is 16.5 Å². The van der Waals surface area contributed by atoms with Crippen molar-refractivity contribution in [1.29, 1.82) is 0 Å². The van der Waals surface area contributed by atoms with Crippen LogP contribution in [-0.2, 0) is 22.7 Å². The Bertz CT molecular complexity index is 1330. The third-order valence-corrected chi connectivity index (χ3v) is 8.95. The predicted octanol–water partition coefficient (Wildman–Crippen LogP) is 4.61. The molecule has 1 heterocycles. The molecular formula is C25H30F7N3O4S. The fraction of sp³-hybridized carbons (Fsp3) is 0.600. The minimum absolute atomic E-state index is 0.0513. The fourth-order valence-corrected chi connectivity index (χ4v) is 5.99. The highest BCUT2D eigenvalue weighted by Crippen LogP contribution is 2.41. The maximum Gasteiger partial charge on any atom is 0.400 e. The third kappa shape index (κ3) is 7.14. The van der Waals surface area contributed by atoms with E-state index in [0.29, 0.717) is 0 Å². The van der Waals surface area contributed by atoms with E-state index in [1.165, 1.54) is 11.5 Å². The van der Waals surface area contributed by atoms with E-state index >= 15 is 0 Å². The number of hydrogen-bond acceptors (Lipinski definition) is 5. The molecule has 0 unspecified atom stereocenters. The standard InChI is InChI=1S/C25H30F7N3O4S/c1-4-20-34-21(22(36)33-13-23(37)9-7-17(8-10-23)40(3,38)39)14(2)35(20)16-6-5-15(18(26)12-16)11-19(24(27,28)29)25(30,31)32/h5-6,12,17,19,37H,4,7-11,13H2,1-3H3,(H,33,36)/t17-,23+. The van der Waals surface area contributed by atoms with Crippen molar-refractivity contribution in [3.8, 4) is 5.69 Å². The lowest BCUT2D eigenvalue weighted by atomic mass is 9.84. The topological polar surface area (TPSA) is 101 Å². The van der Waals surface area contributed by atoms with Crippen molar-refractivity contribution in [3.63, 3.8) is 0 Å². The number of nitrogens with zero attached hydrogens (tertiary/aromatic N) is 2. The number of halogens is 7. The van der Waals surface area contributed by atoms with E-state index in [9.17, 15) is 49.1 Å². The summed E-state index contributed by atoms with van der Waals surface area (Å²) in [5.74, 6) is -5.39. The minimum atomic E-state index is -5.61. The summed E-state index contributed by atoms with van der Waals surface area (Å²) in [5.41, 5.74) is -1.86. The molecule has 1 aromatic carbocycles. The third-order valence-electron chi connectivity index (χ3n) is 7.26. The molecule has 0 bridgehead atoms. The zero-order valence-corrected chi connectivity index (χ0v) is 22.8. The monoisotopic (exact) mass is 601 g/mol. The van der Waals surface area contributed by atoms with Gasteiger partial charge in [-0.05, 0) is 56.7 Å². The molecule has 40 heavy (non-hydrogen) atoms. The summed E-state index contributed by atoms with van der Waals surface area (Å²) in [6, 6.07) is 2.79. The molecule has 7 nitrogen and oxygen atoms in total. The van der Waals surface area contributed by atoms with Gasteiger partial charge in [0, 0.05) is 24.9 Å². The molecule has 0 saturated heterocycles. The Balaban J connectivity index is 1.80. The van der Waals surface area contributed by atoms with Crippen LogP contribution in [0.3, 0.4) is 0 Å². The molecule has 0 spiro atoms. The molecule has 2 aromatic rings. The fourth-order valence-electron chi connectivity index (χ4n) is 4.89. The number of rotatable bonds is 8. The van der Waals surface area contributed by atoms with Gasteiger partial charge in [0.15, 0.2) is 5.92 Å². The highest BCUT2D eigenvalue weighted by molar-refractivity contribution is 7.91. The van der Waals surface area contributed by atoms with Gasteiger partial charge in [0.1, 0.15) is 27.2 Å². The van der Waals surface area contributed by atoms with Gasteiger partial charge in [-0.3, -0.25) is 4.79 Å². The molecule has 15 heteroatoms. The highest BCUT2D eigenvalue weighted by atomic mass is 32.2. The van der Waals surface area contributed by atoms with E-state index in [-0.39, 0.29) is 61.5 Å². The zero-order valence-electron chi connectivity index (χ0n) is 22.0. The van der Waals surface area contributed by atoms with Crippen molar-refractivity contribution >= 4 is 15.7 Å². The number of carbonyl (C=O) groups is 1. The Morgan fingerprint density at radius 2 is 1.75 bits per heavy atom. The van der Waals surface area contributed by atoms with E-state index < -0.39 is 62.7 Å². The van der Waals surface area contributed by atoms with Gasteiger partial charge in [-0.15, -0.1) is 0 Å². The number of amides is 1. The number of aryl methyl sites for hydroxylation is 1. The first-order chi connectivity index (χ1) is 18.3. The summed E-state index contributed by atoms with van der Waals surface area (Å²) in [6.07, 6.45) is -10.6. The van der Waals surface area contributed by atoms with Crippen LogP contribution in [-0.4, -0.2) is 65.0 Å². The first-order valence-electron chi connectivity index (χ1n) is 12.5. The molecule has 1 aliphatic rings. The van der Waals surface area contributed by atoms with Crippen molar-refractivity contribution < 1.29 is 49.1 Å². The lowest BCUT2D eigenvalue weighted by Gasteiger charge is -2.35. The van der Waals surface area contributed by atoms with E-state index in [1.807, 2.05) is 0 Å². The van der Waals surface area contributed by atoms with Gasteiger partial charge < -0.3 is 15.0 Å². The molecule has 0 atom stereocenters. The zero-order chi connectivity index (χ0) is 30.3. The number of hydrogen-bond donors (Lipinski definition) is 2. The van der Waals surface area contributed by atoms with Crippen molar-refractivity contribution in [1.82, 2.24) is 14.9 Å². The largest absolute Gasteiger partial charge is 0.400 e. The number of alkyl halides is 6. The molecule has 2 N–H and O–H groups in total. The highest BCUT2D eigenvalue weighted by Gasteiger charge is 2.56. The van der Waals surface area contributed by atoms with E-state index in [0.717, 1.165) is 24.5 Å². The molecule has 0 radical (unpaired) electrons. The summed E-state index contributed by atoms with van der Waals surface area (Å²) < 4.78 is 117. The van der Waals surface area contributed by atoms with Gasteiger partial charge in [-0.25, -0.2) is 17.8 Å². The number of aromatic nitrogens is 2. The van der Waals surface area contributed by atoms with Crippen molar-refractivity contribution in [2.75, 3.05) is 12.8 Å². The van der Waals surface area contributed by atoms with Gasteiger partial charge in [-0.2, -0.15) is 26.3 Å². The Morgan fingerprint density at radius 3 is 2.23 bits per heavy atom. The molecule has 0 aliphatic heterocycles. The van der Waals surface area contributed by atoms with Crippen LogP contribution in [0.5, 0.6) is 0 Å². The first kappa shape index (κ1) is 31.8. The van der Waals surface area contributed by atoms with Crippen LogP contribution in [0, 0.1) is 18.7 Å². The second kappa shape index (κ2) is 11.3. The number of sulfone groups is 1. The number of benzene rings is 1. The average Bonchev–Trinajstić information content (AvgIpc) is 3.16. The van der Waals surface area contributed by atoms with Crippen molar-refractivity contribution in [2.24, 2.45) is 5.92 Å². The SMILES string of the molecule is CCc1nc(C(=O)NC[C@]2(O)CC[C@@H](S(C)(=O)=O)CC2)c(C)n1-c1ccc(CC(C(F)(F)F)C(F)(F)F)c(F)c1. The van der Waals surface area contributed by atoms with Crippen LogP contribution in [0.25, 0.3) is 5.69 Å². The number of aliphatic hydroxyl groups is 1. The maximum absolute atomic E-state index is 14.8. The first-order valence-corrected chi connectivity index (χ1v) is 14.4. The molecule has 1 aromatic heterocycles. The summed E-state index contributed by atoms with van der Waals surface area (Å²) >= 11 is 0. The van der Waals surface area contributed by atoms with Gasteiger partial charge in [0.25, 0.3) is 5.91 Å². The Morgan fingerprint density at radius 1 is 1.18 bits per heavy atom. The smallest absolute Gasteiger partial charge is 0.388 e. The molecule has 1 saturated carbocycles. The van der Waals surface area contributed by atoms with E-state index in [1.54, 1.807) is 6.92 Å². The van der Waals surface area contributed by atoms with Crippen molar-refractivity contribution in [3.05, 3.63) is 46.8 Å².